The summed E-state index contributed by atoms with van der Waals surface area (Å²) >= 11 is 0. The number of aliphatic carboxylic acids is 1. The summed E-state index contributed by atoms with van der Waals surface area (Å²) in [4.78, 5) is 15.9. The van der Waals surface area contributed by atoms with Gasteiger partial charge in [-0.1, -0.05) is 30.3 Å². The summed E-state index contributed by atoms with van der Waals surface area (Å²) in [6.07, 6.45) is 0.431. The van der Waals surface area contributed by atoms with Crippen LogP contribution in [0.25, 0.3) is 0 Å². The van der Waals surface area contributed by atoms with Crippen LogP contribution in [-0.4, -0.2) is 36.3 Å². The van der Waals surface area contributed by atoms with Gasteiger partial charge in [0.2, 0.25) is 0 Å². The number of rotatable bonds is 5. The molecular formula is C11H15NO3. The van der Waals surface area contributed by atoms with Crippen LogP contribution in [0.3, 0.4) is 0 Å². The topological polar surface area (TPSA) is 49.8 Å². The van der Waals surface area contributed by atoms with E-state index in [0.717, 1.165) is 5.56 Å². The molecule has 0 saturated carbocycles. The number of benzene rings is 1. The van der Waals surface area contributed by atoms with E-state index in [9.17, 15) is 4.79 Å². The molecule has 1 N–H and O–H groups in total. The maximum atomic E-state index is 11.0. The summed E-state index contributed by atoms with van der Waals surface area (Å²) in [5.74, 6) is -0.886. The molecular weight excluding hydrogens is 194 g/mol. The Kier molecular flexibility index (Phi) is 4.27. The van der Waals surface area contributed by atoms with Crippen molar-refractivity contribution in [2.24, 2.45) is 0 Å². The van der Waals surface area contributed by atoms with E-state index in [-0.39, 0.29) is 0 Å². The molecule has 1 rings (SSSR count). The first kappa shape index (κ1) is 11.7. The Morgan fingerprint density at radius 1 is 1.47 bits per heavy atom. The first-order valence-corrected chi connectivity index (χ1v) is 4.69. The predicted octanol–water partition coefficient (Wildman–Crippen LogP) is 1.18. The Morgan fingerprint density at radius 3 is 2.53 bits per heavy atom. The molecule has 0 amide bonds. The first-order chi connectivity index (χ1) is 7.15. The quantitative estimate of drug-likeness (QED) is 0.740. The van der Waals surface area contributed by atoms with Gasteiger partial charge in [0.15, 0.2) is 0 Å². The van der Waals surface area contributed by atoms with Gasteiger partial charge in [-0.05, 0) is 5.56 Å². The number of carboxylic acid groups (broad SMARTS) is 1. The third-order valence-corrected chi connectivity index (χ3v) is 2.28. The molecule has 4 nitrogen and oxygen atoms in total. The van der Waals surface area contributed by atoms with Crippen molar-refractivity contribution in [1.29, 1.82) is 0 Å². The molecule has 0 aliphatic rings. The lowest BCUT2D eigenvalue weighted by molar-refractivity contribution is -0.173. The van der Waals surface area contributed by atoms with E-state index in [1.54, 1.807) is 7.05 Å². The molecule has 0 aliphatic heterocycles. The predicted molar refractivity (Wildman–Crippen MR) is 56.3 cm³/mol. The van der Waals surface area contributed by atoms with Gasteiger partial charge in [0.1, 0.15) is 6.04 Å². The van der Waals surface area contributed by atoms with Crippen LogP contribution in [0.5, 0.6) is 0 Å². The average molecular weight is 209 g/mol. The van der Waals surface area contributed by atoms with Crippen molar-refractivity contribution in [3.05, 3.63) is 35.9 Å². The van der Waals surface area contributed by atoms with Crippen LogP contribution in [0.2, 0.25) is 0 Å². The number of carbonyl (C=O) groups is 1. The molecule has 15 heavy (non-hydrogen) atoms. The standard InChI is InChI=1S/C11H15NO3/c1-12(15-2)10(11(13)14)8-9-6-4-3-5-7-9/h3-7,10H,8H2,1-2H3,(H,13,14)/t10-/m0/s1. The van der Waals surface area contributed by atoms with Crippen molar-refractivity contribution in [2.75, 3.05) is 14.2 Å². The van der Waals surface area contributed by atoms with E-state index in [1.807, 2.05) is 30.3 Å². The number of hydrogen-bond acceptors (Lipinski definition) is 3. The van der Waals surface area contributed by atoms with E-state index in [4.69, 9.17) is 9.94 Å². The van der Waals surface area contributed by atoms with Gasteiger partial charge < -0.3 is 9.94 Å². The summed E-state index contributed by atoms with van der Waals surface area (Å²) in [6, 6.07) is 8.83. The van der Waals surface area contributed by atoms with E-state index in [2.05, 4.69) is 0 Å². The van der Waals surface area contributed by atoms with Crippen molar-refractivity contribution in [1.82, 2.24) is 5.06 Å². The maximum absolute atomic E-state index is 11.0. The van der Waals surface area contributed by atoms with Crippen molar-refractivity contribution < 1.29 is 14.7 Å². The molecule has 0 radical (unpaired) electrons. The summed E-state index contributed by atoms with van der Waals surface area (Å²) < 4.78 is 0. The molecule has 4 heteroatoms. The van der Waals surface area contributed by atoms with Gasteiger partial charge in [0, 0.05) is 13.5 Å². The second-order valence-corrected chi connectivity index (χ2v) is 3.27. The Morgan fingerprint density at radius 2 is 2.07 bits per heavy atom. The normalized spacial score (nSPS) is 12.7. The van der Waals surface area contributed by atoms with Crippen LogP contribution >= 0.6 is 0 Å². The highest BCUT2D eigenvalue weighted by atomic mass is 16.7. The van der Waals surface area contributed by atoms with E-state index >= 15 is 0 Å². The summed E-state index contributed by atoms with van der Waals surface area (Å²) in [5, 5.41) is 10.4. The van der Waals surface area contributed by atoms with E-state index in [0.29, 0.717) is 6.42 Å². The summed E-state index contributed by atoms with van der Waals surface area (Å²) in [5.41, 5.74) is 0.980. The lowest BCUT2D eigenvalue weighted by Crippen LogP contribution is -2.39. The molecule has 0 unspecified atom stereocenters. The molecule has 1 aromatic rings. The van der Waals surface area contributed by atoms with Crippen LogP contribution in [0.15, 0.2) is 30.3 Å². The minimum absolute atomic E-state index is 0.431. The second-order valence-electron chi connectivity index (χ2n) is 3.27. The Labute approximate surface area is 89.0 Å². The molecule has 82 valence electrons. The van der Waals surface area contributed by atoms with Gasteiger partial charge in [-0.3, -0.25) is 4.79 Å². The van der Waals surface area contributed by atoms with E-state index in [1.165, 1.54) is 12.2 Å². The van der Waals surface area contributed by atoms with Crippen molar-refractivity contribution in [2.45, 2.75) is 12.5 Å². The highest BCUT2D eigenvalue weighted by Gasteiger charge is 2.22. The highest BCUT2D eigenvalue weighted by Crippen LogP contribution is 2.07. The number of hydrogen-bond donors (Lipinski definition) is 1. The average Bonchev–Trinajstić information content (AvgIpc) is 2.26. The number of carboxylic acids is 1. The van der Waals surface area contributed by atoms with Crippen molar-refractivity contribution >= 4 is 5.97 Å². The zero-order valence-corrected chi connectivity index (χ0v) is 8.88. The smallest absolute Gasteiger partial charge is 0.323 e. The fraction of sp³-hybridized carbons (Fsp3) is 0.364. The number of nitrogens with zero attached hydrogens (tertiary/aromatic N) is 1. The molecule has 0 aromatic heterocycles. The fourth-order valence-corrected chi connectivity index (χ4v) is 1.34. The SMILES string of the molecule is CON(C)[C@@H](Cc1ccccc1)C(=O)O. The van der Waals surface area contributed by atoms with Gasteiger partial charge in [-0.25, -0.2) is 0 Å². The van der Waals surface area contributed by atoms with Crippen LogP contribution in [0.1, 0.15) is 5.56 Å². The van der Waals surface area contributed by atoms with Gasteiger partial charge in [-0.2, -0.15) is 5.06 Å². The summed E-state index contributed by atoms with van der Waals surface area (Å²) in [7, 11) is 3.07. The minimum atomic E-state index is -0.886. The third kappa shape index (κ3) is 3.34. The van der Waals surface area contributed by atoms with Gasteiger partial charge in [0.25, 0.3) is 0 Å². The fourth-order valence-electron chi connectivity index (χ4n) is 1.34. The van der Waals surface area contributed by atoms with Crippen LogP contribution in [-0.2, 0) is 16.1 Å². The third-order valence-electron chi connectivity index (χ3n) is 2.28. The van der Waals surface area contributed by atoms with Crippen LogP contribution in [0, 0.1) is 0 Å². The van der Waals surface area contributed by atoms with Crippen LogP contribution in [0.4, 0.5) is 0 Å². The molecule has 0 saturated heterocycles. The molecule has 0 heterocycles. The lowest BCUT2D eigenvalue weighted by Gasteiger charge is -2.21. The minimum Gasteiger partial charge on any atom is -0.480 e. The molecule has 1 aromatic carbocycles. The number of hydroxylamine groups is 2. The summed E-state index contributed by atoms with van der Waals surface area (Å²) in [6.45, 7) is 0. The second kappa shape index (κ2) is 5.48. The lowest BCUT2D eigenvalue weighted by atomic mass is 10.1. The highest BCUT2D eigenvalue weighted by molar-refractivity contribution is 5.73. The molecule has 0 bridgehead atoms. The van der Waals surface area contributed by atoms with E-state index < -0.39 is 12.0 Å². The molecule has 0 aliphatic carbocycles. The van der Waals surface area contributed by atoms with Gasteiger partial charge in [-0.15, -0.1) is 0 Å². The van der Waals surface area contributed by atoms with Crippen LogP contribution < -0.4 is 0 Å². The Balaban J connectivity index is 2.71. The zero-order chi connectivity index (χ0) is 11.3. The van der Waals surface area contributed by atoms with Crippen molar-refractivity contribution in [3.8, 4) is 0 Å². The van der Waals surface area contributed by atoms with Crippen molar-refractivity contribution in [3.63, 3.8) is 0 Å². The monoisotopic (exact) mass is 209 g/mol. The molecule has 0 fully saturated rings. The first-order valence-electron chi connectivity index (χ1n) is 4.69. The molecule has 0 spiro atoms. The molecule has 1 atom stereocenters. The maximum Gasteiger partial charge on any atom is 0.323 e. The number of likely N-dealkylation sites (N-methyl/N-ethyl adjacent to an activating group) is 1. The zero-order valence-electron chi connectivity index (χ0n) is 8.88. The Bertz CT molecular complexity index is 313. The van der Waals surface area contributed by atoms with Gasteiger partial charge in [0.05, 0.1) is 7.11 Å². The Hall–Kier alpha value is -1.39. The largest absolute Gasteiger partial charge is 0.480 e. The van der Waals surface area contributed by atoms with Gasteiger partial charge >= 0.3 is 5.97 Å².